The van der Waals surface area contributed by atoms with Crippen molar-refractivity contribution in [1.29, 1.82) is 0 Å². The molecular formula is C34H35ClN6O6. The van der Waals surface area contributed by atoms with E-state index < -0.39 is 23.3 Å². The number of nitrogens with zero attached hydrogens (tertiary/aromatic N) is 3. The molecule has 3 unspecified atom stereocenters. The average molecular weight is 659 g/mol. The van der Waals surface area contributed by atoms with Crippen LogP contribution in [0.1, 0.15) is 39.5 Å². The number of anilines is 1. The molecule has 0 radical (unpaired) electrons. The third-order valence-corrected chi connectivity index (χ3v) is 9.36. The molecule has 1 fully saturated rings. The molecule has 4 aromatic rings. The number of ether oxygens (including phenoxy) is 1. The molecule has 2 aromatic heterocycles. The number of pyridine rings is 1. The molecule has 1 aliphatic heterocycles. The van der Waals surface area contributed by atoms with Crippen molar-refractivity contribution in [2.45, 2.75) is 31.9 Å². The van der Waals surface area contributed by atoms with Crippen molar-refractivity contribution >= 4 is 29.1 Å². The first-order valence-electron chi connectivity index (χ1n) is 15.2. The smallest absolute Gasteiger partial charge is 0.330 e. The molecule has 244 valence electrons. The average Bonchev–Trinajstić information content (AvgIpc) is 3.62. The van der Waals surface area contributed by atoms with Gasteiger partial charge in [-0.25, -0.2) is 9.78 Å². The summed E-state index contributed by atoms with van der Waals surface area (Å²) in [7, 11) is 4.34. The van der Waals surface area contributed by atoms with Gasteiger partial charge in [0.25, 0.3) is 11.5 Å². The van der Waals surface area contributed by atoms with Gasteiger partial charge in [-0.05, 0) is 41.7 Å². The third-order valence-electron chi connectivity index (χ3n) is 8.95. The number of nitrogens with one attached hydrogen (secondary N) is 3. The molecule has 1 saturated heterocycles. The number of aromatic nitrogens is 3. The molecule has 3 atom stereocenters. The van der Waals surface area contributed by atoms with Crippen LogP contribution in [0.4, 0.5) is 5.69 Å². The molecule has 47 heavy (non-hydrogen) atoms. The van der Waals surface area contributed by atoms with Crippen LogP contribution >= 0.6 is 11.6 Å². The van der Waals surface area contributed by atoms with Gasteiger partial charge in [0.05, 0.1) is 30.0 Å². The van der Waals surface area contributed by atoms with Gasteiger partial charge in [0.2, 0.25) is 11.8 Å². The standard InChI is InChI=1S/C34H35ClN6O6/c1-17-20(7-6-10-24(17)38-31(44)23-16-40(2)34(46)41(3)33(23)45)21-8-5-9-22(29(21)35)25-12-19-13-26(42)30(28(19)32(39-25)47-4)37-15-18-11-27(43)36-14-18/h5-10,12,16,18,26,30,37,42H,11,13-15H2,1-4H3,(H,36,43)(H,38,44). The quantitative estimate of drug-likeness (QED) is 0.225. The number of hydrogen-bond donors (Lipinski definition) is 4. The van der Waals surface area contributed by atoms with Crippen molar-refractivity contribution < 1.29 is 19.4 Å². The molecule has 13 heteroatoms. The highest BCUT2D eigenvalue weighted by Crippen LogP contribution is 2.43. The van der Waals surface area contributed by atoms with E-state index in [0.29, 0.717) is 59.3 Å². The predicted octanol–water partition coefficient (Wildman–Crippen LogP) is 2.72. The number of amides is 2. The molecule has 1 aliphatic carbocycles. The van der Waals surface area contributed by atoms with Gasteiger partial charge in [0, 0.05) is 68.6 Å². The van der Waals surface area contributed by atoms with Gasteiger partial charge in [0.15, 0.2) is 0 Å². The maximum atomic E-state index is 13.2. The fraction of sp³-hybridized carbons (Fsp3) is 0.324. The van der Waals surface area contributed by atoms with Crippen LogP contribution in [-0.4, -0.2) is 57.3 Å². The van der Waals surface area contributed by atoms with Crippen LogP contribution < -0.4 is 31.9 Å². The molecule has 2 amide bonds. The van der Waals surface area contributed by atoms with E-state index in [9.17, 15) is 24.3 Å². The minimum Gasteiger partial charge on any atom is -0.481 e. The van der Waals surface area contributed by atoms with Gasteiger partial charge in [0.1, 0.15) is 5.56 Å². The van der Waals surface area contributed by atoms with Crippen LogP contribution in [0.3, 0.4) is 0 Å². The fourth-order valence-electron chi connectivity index (χ4n) is 6.41. The largest absolute Gasteiger partial charge is 0.481 e. The summed E-state index contributed by atoms with van der Waals surface area (Å²) in [5.41, 5.74) is 4.21. The number of aryl methyl sites for hydroxylation is 1. The summed E-state index contributed by atoms with van der Waals surface area (Å²) >= 11 is 7.07. The SMILES string of the molecule is COc1nc(-c2cccc(-c3cccc(NC(=O)c4cn(C)c(=O)n(C)c4=O)c3C)c2Cl)cc2c1C(NCC1CNC(=O)C1)C(O)C2. The number of carbonyl (C=O) groups excluding carboxylic acids is 2. The van der Waals surface area contributed by atoms with Gasteiger partial charge < -0.3 is 30.4 Å². The second kappa shape index (κ2) is 12.8. The van der Waals surface area contributed by atoms with Crippen molar-refractivity contribution in [2.24, 2.45) is 20.0 Å². The van der Waals surface area contributed by atoms with Crippen molar-refractivity contribution in [1.82, 2.24) is 24.8 Å². The molecule has 3 heterocycles. The van der Waals surface area contributed by atoms with Crippen LogP contribution in [0.5, 0.6) is 5.88 Å². The molecule has 0 spiro atoms. The Hall–Kier alpha value is -4.78. The first-order chi connectivity index (χ1) is 22.5. The Balaban J connectivity index is 1.31. The van der Waals surface area contributed by atoms with Crippen molar-refractivity contribution in [2.75, 3.05) is 25.5 Å². The monoisotopic (exact) mass is 658 g/mol. The van der Waals surface area contributed by atoms with Crippen molar-refractivity contribution in [3.8, 4) is 28.3 Å². The number of hydrogen-bond acceptors (Lipinski definition) is 8. The molecule has 6 rings (SSSR count). The minimum absolute atomic E-state index is 0.0345. The number of benzene rings is 2. The lowest BCUT2D eigenvalue weighted by Gasteiger charge is -2.21. The van der Waals surface area contributed by atoms with E-state index in [1.54, 1.807) is 19.2 Å². The van der Waals surface area contributed by atoms with E-state index >= 15 is 0 Å². The normalized spacial score (nSPS) is 18.6. The van der Waals surface area contributed by atoms with Crippen LogP contribution in [0.2, 0.25) is 5.02 Å². The zero-order chi connectivity index (χ0) is 33.6. The van der Waals surface area contributed by atoms with Crippen LogP contribution in [0, 0.1) is 12.8 Å². The highest BCUT2D eigenvalue weighted by molar-refractivity contribution is 6.36. The second-order valence-electron chi connectivity index (χ2n) is 12.0. The molecule has 4 N–H and O–H groups in total. The zero-order valence-electron chi connectivity index (χ0n) is 26.4. The van der Waals surface area contributed by atoms with Crippen molar-refractivity contribution in [3.05, 3.63) is 96.8 Å². The lowest BCUT2D eigenvalue weighted by Crippen LogP contribution is -2.40. The van der Waals surface area contributed by atoms with E-state index in [1.807, 2.05) is 37.3 Å². The lowest BCUT2D eigenvalue weighted by atomic mass is 9.96. The van der Waals surface area contributed by atoms with Gasteiger partial charge in [-0.3, -0.25) is 19.0 Å². The third kappa shape index (κ3) is 5.95. The lowest BCUT2D eigenvalue weighted by molar-refractivity contribution is -0.119. The summed E-state index contributed by atoms with van der Waals surface area (Å²) < 4.78 is 7.80. The number of aliphatic hydroxyl groups is 1. The number of rotatable bonds is 8. The highest BCUT2D eigenvalue weighted by atomic mass is 35.5. The van der Waals surface area contributed by atoms with Crippen LogP contribution in [-0.2, 0) is 25.3 Å². The van der Waals surface area contributed by atoms with E-state index in [0.717, 1.165) is 26.8 Å². The second-order valence-corrected chi connectivity index (χ2v) is 12.4. The Morgan fingerprint density at radius 2 is 1.83 bits per heavy atom. The zero-order valence-corrected chi connectivity index (χ0v) is 27.1. The molecular weight excluding hydrogens is 624 g/mol. The van der Waals surface area contributed by atoms with Crippen molar-refractivity contribution in [3.63, 3.8) is 0 Å². The molecule has 0 bridgehead atoms. The van der Waals surface area contributed by atoms with Crippen LogP contribution in [0.15, 0.2) is 58.3 Å². The minimum atomic E-state index is -0.690. The van der Waals surface area contributed by atoms with Gasteiger partial charge >= 0.3 is 5.69 Å². The molecule has 2 aromatic carbocycles. The number of carbonyl (C=O) groups is 2. The molecule has 0 saturated carbocycles. The number of halogens is 1. The molecule has 12 nitrogen and oxygen atoms in total. The Kier molecular flexibility index (Phi) is 8.75. The summed E-state index contributed by atoms with van der Waals surface area (Å²) in [6.45, 7) is 3.02. The van der Waals surface area contributed by atoms with E-state index in [2.05, 4.69) is 16.0 Å². The Morgan fingerprint density at radius 3 is 2.55 bits per heavy atom. The number of aliphatic hydroxyl groups excluding tert-OH is 1. The number of fused-ring (bicyclic) bond motifs is 1. The summed E-state index contributed by atoms with van der Waals surface area (Å²) in [6.07, 6.45) is 1.39. The first kappa shape index (κ1) is 32.2. The topological polar surface area (TPSA) is 157 Å². The summed E-state index contributed by atoms with van der Waals surface area (Å²) in [6, 6.07) is 12.5. The van der Waals surface area contributed by atoms with Gasteiger partial charge in [-0.2, -0.15) is 0 Å². The van der Waals surface area contributed by atoms with E-state index in [4.69, 9.17) is 21.3 Å². The highest BCUT2D eigenvalue weighted by Gasteiger charge is 2.36. The fourth-order valence-corrected chi connectivity index (χ4v) is 6.73. The van der Waals surface area contributed by atoms with Gasteiger partial charge in [-0.15, -0.1) is 0 Å². The summed E-state index contributed by atoms with van der Waals surface area (Å²) in [5.74, 6) is -0.0693. The first-order valence-corrected chi connectivity index (χ1v) is 15.6. The predicted molar refractivity (Wildman–Crippen MR) is 178 cm³/mol. The maximum absolute atomic E-state index is 13.2. The van der Waals surface area contributed by atoms with Crippen LogP contribution in [0.25, 0.3) is 22.4 Å². The summed E-state index contributed by atoms with van der Waals surface area (Å²) in [5, 5.41) is 20.5. The Labute approximate surface area is 275 Å². The summed E-state index contributed by atoms with van der Waals surface area (Å²) in [4.78, 5) is 54.3. The Morgan fingerprint density at radius 1 is 1.11 bits per heavy atom. The molecule has 2 aliphatic rings. The van der Waals surface area contributed by atoms with E-state index in [-0.39, 0.29) is 23.4 Å². The number of methoxy groups -OCH3 is 1. The van der Waals surface area contributed by atoms with E-state index in [1.165, 1.54) is 24.9 Å². The van der Waals surface area contributed by atoms with Gasteiger partial charge in [-0.1, -0.05) is 41.9 Å². The Bertz CT molecular complexity index is 2040. The maximum Gasteiger partial charge on any atom is 0.330 e.